The Morgan fingerprint density at radius 2 is 2.03 bits per heavy atom. The number of anilines is 1. The van der Waals surface area contributed by atoms with Gasteiger partial charge in [-0.2, -0.15) is 5.10 Å². The van der Waals surface area contributed by atoms with Crippen LogP contribution in [0.5, 0.6) is 11.5 Å². The second kappa shape index (κ2) is 8.74. The molecule has 0 fully saturated rings. The smallest absolute Gasteiger partial charge is 0.275 e. The molecular weight excluding hydrogens is 396 g/mol. The van der Waals surface area contributed by atoms with Crippen molar-refractivity contribution in [3.63, 3.8) is 0 Å². The van der Waals surface area contributed by atoms with E-state index in [1.165, 1.54) is 18.2 Å². The predicted octanol–water partition coefficient (Wildman–Crippen LogP) is 4.88. The summed E-state index contributed by atoms with van der Waals surface area (Å²) in [5.74, 6) is 0.435. The van der Waals surface area contributed by atoms with Gasteiger partial charge in [0.15, 0.2) is 0 Å². The molecule has 0 bridgehead atoms. The van der Waals surface area contributed by atoms with Gasteiger partial charge in [-0.15, -0.1) is 0 Å². The number of carbonyl (C=O) groups is 1. The van der Waals surface area contributed by atoms with Crippen LogP contribution in [0.15, 0.2) is 48.8 Å². The zero-order chi connectivity index (χ0) is 21.0. The minimum atomic E-state index is -0.540. The number of nitro benzene ring substituents is 1. The van der Waals surface area contributed by atoms with E-state index >= 15 is 0 Å². The number of nitrogens with zero attached hydrogens (tertiary/aromatic N) is 3. The fourth-order valence-electron chi connectivity index (χ4n) is 2.67. The number of ether oxygens (including phenoxy) is 1. The van der Waals surface area contributed by atoms with Crippen LogP contribution in [-0.2, 0) is 11.3 Å². The molecule has 29 heavy (non-hydrogen) atoms. The number of hydrogen-bond acceptors (Lipinski definition) is 5. The third kappa shape index (κ3) is 5.55. The van der Waals surface area contributed by atoms with E-state index in [4.69, 9.17) is 16.3 Å². The Morgan fingerprint density at radius 1 is 1.24 bits per heavy atom. The second-order valence-electron chi connectivity index (χ2n) is 6.56. The zero-order valence-electron chi connectivity index (χ0n) is 15.9. The number of halogens is 1. The number of rotatable bonds is 7. The Bertz CT molecular complexity index is 1060. The molecule has 0 radical (unpaired) electrons. The van der Waals surface area contributed by atoms with Crippen LogP contribution in [0.25, 0.3) is 0 Å². The van der Waals surface area contributed by atoms with Crippen molar-refractivity contribution < 1.29 is 14.5 Å². The number of aryl methyl sites for hydroxylation is 3. The molecule has 0 saturated carbocycles. The maximum Gasteiger partial charge on any atom is 0.275 e. The van der Waals surface area contributed by atoms with Gasteiger partial charge in [-0.05, 0) is 43.2 Å². The number of nitro groups is 1. The highest BCUT2D eigenvalue weighted by atomic mass is 35.5. The van der Waals surface area contributed by atoms with E-state index in [2.05, 4.69) is 10.4 Å². The quantitative estimate of drug-likeness (QED) is 0.438. The van der Waals surface area contributed by atoms with Crippen molar-refractivity contribution in [1.82, 2.24) is 9.78 Å². The van der Waals surface area contributed by atoms with Crippen LogP contribution in [0.2, 0.25) is 5.02 Å². The van der Waals surface area contributed by atoms with Crippen LogP contribution in [0, 0.1) is 24.0 Å². The highest BCUT2D eigenvalue weighted by Gasteiger charge is 2.14. The molecule has 8 nitrogen and oxygen atoms in total. The second-order valence-corrected chi connectivity index (χ2v) is 6.97. The number of aromatic nitrogens is 2. The molecule has 2 aromatic carbocycles. The van der Waals surface area contributed by atoms with E-state index in [1.807, 2.05) is 20.0 Å². The van der Waals surface area contributed by atoms with Gasteiger partial charge in [-0.3, -0.25) is 19.6 Å². The van der Waals surface area contributed by atoms with Crippen molar-refractivity contribution in [3.8, 4) is 11.5 Å². The van der Waals surface area contributed by atoms with Gasteiger partial charge in [-0.1, -0.05) is 11.6 Å². The highest BCUT2D eigenvalue weighted by Crippen LogP contribution is 2.31. The molecule has 1 amide bonds. The van der Waals surface area contributed by atoms with E-state index in [0.717, 1.165) is 11.1 Å². The minimum Gasteiger partial charge on any atom is -0.457 e. The first-order valence-electron chi connectivity index (χ1n) is 8.82. The summed E-state index contributed by atoms with van der Waals surface area (Å²) in [6.45, 7) is 4.15. The van der Waals surface area contributed by atoms with Gasteiger partial charge in [0.05, 0.1) is 22.9 Å². The Kier molecular flexibility index (Phi) is 6.13. The summed E-state index contributed by atoms with van der Waals surface area (Å²) in [6.07, 6.45) is 3.72. The van der Waals surface area contributed by atoms with E-state index in [-0.39, 0.29) is 29.5 Å². The van der Waals surface area contributed by atoms with Gasteiger partial charge in [0, 0.05) is 36.3 Å². The topological polar surface area (TPSA) is 99.3 Å². The average Bonchev–Trinajstić information content (AvgIpc) is 3.08. The van der Waals surface area contributed by atoms with Crippen LogP contribution < -0.4 is 10.1 Å². The Balaban J connectivity index is 1.74. The Labute approximate surface area is 172 Å². The molecule has 150 valence electrons. The third-order valence-corrected chi connectivity index (χ3v) is 4.51. The molecule has 3 rings (SSSR count). The van der Waals surface area contributed by atoms with Gasteiger partial charge < -0.3 is 10.1 Å². The molecule has 9 heteroatoms. The van der Waals surface area contributed by atoms with Crippen LogP contribution in [-0.4, -0.2) is 20.6 Å². The van der Waals surface area contributed by atoms with E-state index in [1.54, 1.807) is 29.1 Å². The average molecular weight is 415 g/mol. The monoisotopic (exact) mass is 414 g/mol. The molecule has 1 aromatic heterocycles. The lowest BCUT2D eigenvalue weighted by molar-refractivity contribution is -0.384. The molecular formula is C20H19ClN4O4. The normalized spacial score (nSPS) is 10.6. The summed E-state index contributed by atoms with van der Waals surface area (Å²) in [6, 6.07) is 9.20. The summed E-state index contributed by atoms with van der Waals surface area (Å²) in [4.78, 5) is 23.0. The first-order valence-corrected chi connectivity index (χ1v) is 9.20. The number of carbonyl (C=O) groups excluding carboxylic acids is 1. The van der Waals surface area contributed by atoms with E-state index in [9.17, 15) is 14.9 Å². The number of benzene rings is 2. The fraction of sp³-hybridized carbons (Fsp3) is 0.200. The molecule has 3 aromatic rings. The predicted molar refractivity (Wildman–Crippen MR) is 110 cm³/mol. The summed E-state index contributed by atoms with van der Waals surface area (Å²) < 4.78 is 7.40. The standard InChI is InChI=1S/C20H19ClN4O4/c1-13-11-22-24(12-13)6-5-20(26)23-15-8-16(25(27)28)10-18(9-15)29-17-3-4-19(21)14(2)7-17/h3-4,7-12H,5-6H2,1-2H3,(H,23,26). The fourth-order valence-corrected chi connectivity index (χ4v) is 2.78. The van der Waals surface area contributed by atoms with Crippen molar-refractivity contribution in [3.05, 3.63) is 75.1 Å². The molecule has 0 saturated heterocycles. The van der Waals surface area contributed by atoms with E-state index in [0.29, 0.717) is 17.3 Å². The first-order chi connectivity index (χ1) is 13.8. The van der Waals surface area contributed by atoms with Crippen LogP contribution >= 0.6 is 11.6 Å². The van der Waals surface area contributed by atoms with Crippen molar-refractivity contribution in [2.75, 3.05) is 5.32 Å². The number of hydrogen-bond donors (Lipinski definition) is 1. The summed E-state index contributed by atoms with van der Waals surface area (Å²) >= 11 is 6.01. The molecule has 1 N–H and O–H groups in total. The SMILES string of the molecule is Cc1cnn(CCC(=O)Nc2cc(Oc3ccc(Cl)c(C)c3)cc([N+](=O)[O-])c2)c1. The van der Waals surface area contributed by atoms with Crippen molar-refractivity contribution in [1.29, 1.82) is 0 Å². The van der Waals surface area contributed by atoms with Crippen molar-refractivity contribution in [2.24, 2.45) is 0 Å². The van der Waals surface area contributed by atoms with Crippen LogP contribution in [0.4, 0.5) is 11.4 Å². The number of amides is 1. The van der Waals surface area contributed by atoms with Gasteiger partial charge >= 0.3 is 0 Å². The lowest BCUT2D eigenvalue weighted by atomic mass is 10.2. The lowest BCUT2D eigenvalue weighted by Gasteiger charge is -2.10. The van der Waals surface area contributed by atoms with Gasteiger partial charge in [-0.25, -0.2) is 0 Å². The Hall–Kier alpha value is -3.39. The van der Waals surface area contributed by atoms with E-state index < -0.39 is 4.92 Å². The van der Waals surface area contributed by atoms with Gasteiger partial charge in [0.1, 0.15) is 11.5 Å². The van der Waals surface area contributed by atoms with Crippen molar-refractivity contribution >= 4 is 28.9 Å². The molecule has 1 heterocycles. The highest BCUT2D eigenvalue weighted by molar-refractivity contribution is 6.31. The summed E-state index contributed by atoms with van der Waals surface area (Å²) in [5, 5.41) is 18.7. The van der Waals surface area contributed by atoms with Crippen LogP contribution in [0.1, 0.15) is 17.5 Å². The molecule has 0 aliphatic carbocycles. The van der Waals surface area contributed by atoms with Gasteiger partial charge in [0.2, 0.25) is 5.91 Å². The molecule has 0 spiro atoms. The summed E-state index contributed by atoms with van der Waals surface area (Å²) in [7, 11) is 0. The Morgan fingerprint density at radius 3 is 2.69 bits per heavy atom. The molecule has 0 atom stereocenters. The molecule has 0 unspecified atom stereocenters. The minimum absolute atomic E-state index is 0.177. The maximum absolute atomic E-state index is 12.2. The van der Waals surface area contributed by atoms with Crippen molar-refractivity contribution in [2.45, 2.75) is 26.8 Å². The molecule has 0 aliphatic heterocycles. The maximum atomic E-state index is 12.2. The summed E-state index contributed by atoms with van der Waals surface area (Å²) in [5.41, 5.74) is 1.91. The van der Waals surface area contributed by atoms with Gasteiger partial charge in [0.25, 0.3) is 5.69 Å². The number of non-ortho nitro benzene ring substituents is 1. The largest absolute Gasteiger partial charge is 0.457 e. The molecule has 0 aliphatic rings. The third-order valence-electron chi connectivity index (χ3n) is 4.08. The zero-order valence-corrected chi connectivity index (χ0v) is 16.6. The number of nitrogens with one attached hydrogen (secondary N) is 1. The van der Waals surface area contributed by atoms with Crippen LogP contribution in [0.3, 0.4) is 0 Å². The lowest BCUT2D eigenvalue weighted by Crippen LogP contribution is -2.15. The first kappa shape index (κ1) is 20.3.